The van der Waals surface area contributed by atoms with Crippen molar-refractivity contribution in [3.8, 4) is 5.75 Å². The maximum Gasteiger partial charge on any atom is 0.414 e. The van der Waals surface area contributed by atoms with E-state index in [1.807, 2.05) is 24.3 Å². The van der Waals surface area contributed by atoms with Crippen molar-refractivity contribution < 1.29 is 28.2 Å². The molecule has 1 saturated carbocycles. The first kappa shape index (κ1) is 20.2. The van der Waals surface area contributed by atoms with Crippen molar-refractivity contribution in [3.63, 3.8) is 0 Å². The van der Waals surface area contributed by atoms with Crippen LogP contribution in [0, 0.1) is 23.5 Å². The number of hydrogen-bond donors (Lipinski definition) is 1. The highest BCUT2D eigenvalue weighted by molar-refractivity contribution is 5.89. The van der Waals surface area contributed by atoms with Crippen LogP contribution in [0.2, 0.25) is 0 Å². The first-order valence-corrected chi connectivity index (χ1v) is 10.4. The number of ether oxygens (including phenoxy) is 2. The smallest absolute Gasteiger partial charge is 0.414 e. The zero-order valence-corrected chi connectivity index (χ0v) is 17.1. The molecule has 3 atom stereocenters. The molecule has 3 unspecified atom stereocenters. The minimum atomic E-state index is -0.705. The van der Waals surface area contributed by atoms with E-state index >= 15 is 0 Å². The van der Waals surface area contributed by atoms with Crippen LogP contribution in [0.15, 0.2) is 36.4 Å². The number of aliphatic hydroxyl groups excluding tert-OH is 1. The summed E-state index contributed by atoms with van der Waals surface area (Å²) in [5, 5.41) is 9.15. The number of anilines is 1. The predicted molar refractivity (Wildman–Crippen MR) is 109 cm³/mol. The predicted octanol–water partition coefficient (Wildman–Crippen LogP) is 3.14. The lowest BCUT2D eigenvalue weighted by Crippen LogP contribution is -2.26. The van der Waals surface area contributed by atoms with Gasteiger partial charge in [-0.25, -0.2) is 13.6 Å². The standard InChI is InChI=1S/C23H24F2N2O4/c1-30-15-4-2-13(3-5-15)8-26-10-17-18(11-26)21(17)22-19(24)6-14(7-20(22)25)27-9-16(12-28)31-23(27)29/h2-7,16-18,21,28H,8-12H2,1H3. The van der Waals surface area contributed by atoms with Gasteiger partial charge < -0.3 is 14.6 Å². The second-order valence-electron chi connectivity index (χ2n) is 8.52. The molecule has 3 fully saturated rings. The third-order valence-electron chi connectivity index (χ3n) is 6.62. The summed E-state index contributed by atoms with van der Waals surface area (Å²) in [6.07, 6.45) is -1.39. The van der Waals surface area contributed by atoms with Gasteiger partial charge in [0.1, 0.15) is 23.5 Å². The topological polar surface area (TPSA) is 62.2 Å². The molecule has 1 N–H and O–H groups in total. The molecule has 2 heterocycles. The maximum atomic E-state index is 14.9. The van der Waals surface area contributed by atoms with Crippen molar-refractivity contribution in [1.29, 1.82) is 0 Å². The molecule has 31 heavy (non-hydrogen) atoms. The highest BCUT2D eigenvalue weighted by Crippen LogP contribution is 2.59. The summed E-state index contributed by atoms with van der Waals surface area (Å²) < 4.78 is 39.9. The van der Waals surface area contributed by atoms with Gasteiger partial charge in [-0.1, -0.05) is 12.1 Å². The van der Waals surface area contributed by atoms with E-state index in [0.717, 1.165) is 30.3 Å². The highest BCUT2D eigenvalue weighted by Gasteiger charge is 2.57. The van der Waals surface area contributed by atoms with E-state index in [1.54, 1.807) is 7.11 Å². The molecule has 2 aromatic rings. The van der Waals surface area contributed by atoms with Gasteiger partial charge in [-0.2, -0.15) is 0 Å². The van der Waals surface area contributed by atoms with Crippen molar-refractivity contribution in [1.82, 2.24) is 4.90 Å². The number of carbonyl (C=O) groups is 1. The third-order valence-corrected chi connectivity index (χ3v) is 6.62. The lowest BCUT2D eigenvalue weighted by molar-refractivity contribution is 0.0963. The van der Waals surface area contributed by atoms with E-state index < -0.39 is 23.8 Å². The van der Waals surface area contributed by atoms with Crippen LogP contribution < -0.4 is 9.64 Å². The largest absolute Gasteiger partial charge is 0.497 e. The summed E-state index contributed by atoms with van der Waals surface area (Å²) in [7, 11) is 1.64. The molecule has 0 spiro atoms. The molecule has 3 aliphatic rings. The molecule has 164 valence electrons. The number of amides is 1. The van der Waals surface area contributed by atoms with Gasteiger partial charge in [0, 0.05) is 25.2 Å². The molecular weight excluding hydrogens is 406 g/mol. The monoisotopic (exact) mass is 430 g/mol. The fourth-order valence-corrected chi connectivity index (χ4v) is 5.03. The average Bonchev–Trinajstić information content (AvgIpc) is 3.08. The van der Waals surface area contributed by atoms with Crippen LogP contribution in [0.3, 0.4) is 0 Å². The Bertz CT molecular complexity index is 965. The zero-order valence-electron chi connectivity index (χ0n) is 17.1. The number of carbonyl (C=O) groups excluding carboxylic acids is 1. The second-order valence-corrected chi connectivity index (χ2v) is 8.52. The van der Waals surface area contributed by atoms with Gasteiger partial charge in [-0.05, 0) is 47.6 Å². The number of methoxy groups -OCH3 is 1. The molecule has 0 radical (unpaired) electrons. The van der Waals surface area contributed by atoms with Gasteiger partial charge >= 0.3 is 6.09 Å². The Kier molecular flexibility index (Phi) is 5.06. The number of nitrogens with zero attached hydrogens (tertiary/aromatic N) is 2. The number of hydrogen-bond acceptors (Lipinski definition) is 5. The summed E-state index contributed by atoms with van der Waals surface area (Å²) in [5.74, 6) is -0.0895. The van der Waals surface area contributed by atoms with E-state index in [4.69, 9.17) is 14.6 Å². The van der Waals surface area contributed by atoms with Crippen molar-refractivity contribution in [2.24, 2.45) is 11.8 Å². The quantitative estimate of drug-likeness (QED) is 0.763. The molecule has 1 amide bonds. The van der Waals surface area contributed by atoms with Crippen LogP contribution >= 0.6 is 0 Å². The fourth-order valence-electron chi connectivity index (χ4n) is 5.03. The maximum absolute atomic E-state index is 14.9. The van der Waals surface area contributed by atoms with Gasteiger partial charge in [0.15, 0.2) is 0 Å². The summed E-state index contributed by atoms with van der Waals surface area (Å²) in [5.41, 5.74) is 1.42. The van der Waals surface area contributed by atoms with E-state index in [-0.39, 0.29) is 42.2 Å². The SMILES string of the molecule is COc1ccc(CN2CC3C(C2)C3c2c(F)cc(N3CC(CO)OC3=O)cc2F)cc1. The number of fused-ring (bicyclic) bond motifs is 1. The number of cyclic esters (lactones) is 1. The lowest BCUT2D eigenvalue weighted by atomic mass is 10.0. The van der Waals surface area contributed by atoms with Crippen LogP contribution in [0.5, 0.6) is 5.75 Å². The van der Waals surface area contributed by atoms with Crippen LogP contribution in [-0.2, 0) is 11.3 Å². The minimum Gasteiger partial charge on any atom is -0.497 e. The summed E-state index contributed by atoms with van der Waals surface area (Å²) in [6, 6.07) is 10.3. The van der Waals surface area contributed by atoms with Crippen molar-refractivity contribution in [2.75, 3.05) is 38.3 Å². The molecule has 5 rings (SSSR count). The van der Waals surface area contributed by atoms with Gasteiger partial charge in [-0.15, -0.1) is 0 Å². The number of piperidine rings is 1. The van der Waals surface area contributed by atoms with Crippen molar-refractivity contribution in [3.05, 3.63) is 59.2 Å². The van der Waals surface area contributed by atoms with Gasteiger partial charge in [0.25, 0.3) is 0 Å². The molecule has 8 heteroatoms. The van der Waals surface area contributed by atoms with E-state index in [9.17, 15) is 13.6 Å². The minimum absolute atomic E-state index is 0.0720. The number of benzene rings is 2. The fraction of sp³-hybridized carbons (Fsp3) is 0.435. The molecule has 2 aromatic carbocycles. The van der Waals surface area contributed by atoms with Gasteiger partial charge in [0.2, 0.25) is 0 Å². The van der Waals surface area contributed by atoms with E-state index in [1.165, 1.54) is 17.7 Å². The molecule has 0 aromatic heterocycles. The molecule has 0 bridgehead atoms. The van der Waals surface area contributed by atoms with Crippen LogP contribution in [0.4, 0.5) is 19.3 Å². The average molecular weight is 430 g/mol. The Labute approximate surface area is 179 Å². The van der Waals surface area contributed by atoms with Crippen LogP contribution in [-0.4, -0.2) is 55.6 Å². The van der Waals surface area contributed by atoms with Gasteiger partial charge in [-0.3, -0.25) is 9.80 Å². The normalized spacial score (nSPS) is 27.4. The summed E-state index contributed by atoms with van der Waals surface area (Å²) in [4.78, 5) is 15.4. The number of likely N-dealkylation sites (tertiary alicyclic amines) is 1. The molecule has 1 aliphatic carbocycles. The Morgan fingerprint density at radius 3 is 2.29 bits per heavy atom. The van der Waals surface area contributed by atoms with Crippen LogP contribution in [0.1, 0.15) is 17.0 Å². The Morgan fingerprint density at radius 2 is 1.74 bits per heavy atom. The van der Waals surface area contributed by atoms with Crippen LogP contribution in [0.25, 0.3) is 0 Å². The molecule has 2 aliphatic heterocycles. The Balaban J connectivity index is 1.25. The number of halogens is 2. The second kappa shape index (κ2) is 7.76. The summed E-state index contributed by atoms with van der Waals surface area (Å²) in [6.45, 7) is 2.15. The van der Waals surface area contributed by atoms with Crippen molar-refractivity contribution in [2.45, 2.75) is 18.6 Å². The number of rotatable bonds is 6. The van der Waals surface area contributed by atoms with E-state index in [2.05, 4.69) is 4.90 Å². The Morgan fingerprint density at radius 1 is 1.10 bits per heavy atom. The molecule has 6 nitrogen and oxygen atoms in total. The number of aliphatic hydroxyl groups is 1. The van der Waals surface area contributed by atoms with Crippen molar-refractivity contribution >= 4 is 11.8 Å². The Hall–Kier alpha value is -2.71. The van der Waals surface area contributed by atoms with Gasteiger partial charge in [0.05, 0.1) is 25.9 Å². The summed E-state index contributed by atoms with van der Waals surface area (Å²) >= 11 is 0. The highest BCUT2D eigenvalue weighted by atomic mass is 19.1. The molecule has 2 saturated heterocycles. The first-order valence-electron chi connectivity index (χ1n) is 10.4. The van der Waals surface area contributed by atoms with E-state index in [0.29, 0.717) is 0 Å². The molecular formula is C23H24F2N2O4. The first-order chi connectivity index (χ1) is 15.0. The lowest BCUT2D eigenvalue weighted by Gasteiger charge is -2.21. The third kappa shape index (κ3) is 3.64. The zero-order chi connectivity index (χ0) is 21.7.